The fourth-order valence-corrected chi connectivity index (χ4v) is 2.44. The van der Waals surface area contributed by atoms with Gasteiger partial charge in [-0.3, -0.25) is 10.1 Å². The van der Waals surface area contributed by atoms with Crippen LogP contribution in [0.25, 0.3) is 0 Å². The van der Waals surface area contributed by atoms with Crippen molar-refractivity contribution in [2.45, 2.75) is 19.5 Å². The van der Waals surface area contributed by atoms with Crippen LogP contribution >= 0.6 is 11.6 Å². The maximum absolute atomic E-state index is 12.3. The Morgan fingerprint density at radius 3 is 2.67 bits per heavy atom. The maximum atomic E-state index is 12.3. The van der Waals surface area contributed by atoms with Crippen molar-refractivity contribution in [1.29, 1.82) is 0 Å². The number of nitro benzene ring substituents is 1. The van der Waals surface area contributed by atoms with Crippen LogP contribution in [0.15, 0.2) is 48.5 Å². The fourth-order valence-electron chi connectivity index (χ4n) is 2.24. The van der Waals surface area contributed by atoms with Gasteiger partial charge in [-0.05, 0) is 24.1 Å². The monoisotopic (exact) mass is 347 g/mol. The molecule has 126 valence electrons. The highest BCUT2D eigenvalue weighted by atomic mass is 35.5. The maximum Gasteiger partial charge on any atom is 0.317 e. The third-order valence-corrected chi connectivity index (χ3v) is 4.00. The second kappa shape index (κ2) is 7.79. The van der Waals surface area contributed by atoms with Crippen molar-refractivity contribution in [3.8, 4) is 0 Å². The van der Waals surface area contributed by atoms with Gasteiger partial charge in [0, 0.05) is 30.7 Å². The van der Waals surface area contributed by atoms with Crippen molar-refractivity contribution >= 4 is 23.3 Å². The zero-order chi connectivity index (χ0) is 17.7. The van der Waals surface area contributed by atoms with E-state index in [1.807, 2.05) is 18.2 Å². The Kier molecular flexibility index (Phi) is 5.76. The average Bonchev–Trinajstić information content (AvgIpc) is 2.56. The molecule has 0 saturated heterocycles. The fraction of sp³-hybridized carbons (Fsp3) is 0.235. The summed E-state index contributed by atoms with van der Waals surface area (Å²) in [6.45, 7) is 2.15. The highest BCUT2D eigenvalue weighted by molar-refractivity contribution is 6.31. The lowest BCUT2D eigenvalue weighted by Gasteiger charge is -2.22. The molecule has 0 radical (unpaired) electrons. The summed E-state index contributed by atoms with van der Waals surface area (Å²) in [5.41, 5.74) is 1.52. The summed E-state index contributed by atoms with van der Waals surface area (Å²) in [6, 6.07) is 12.9. The highest BCUT2D eigenvalue weighted by Gasteiger charge is 2.16. The second-order valence-electron chi connectivity index (χ2n) is 5.47. The Balaban J connectivity index is 2.02. The zero-order valence-corrected chi connectivity index (χ0v) is 14.2. The first-order valence-corrected chi connectivity index (χ1v) is 7.75. The Labute approximate surface area is 145 Å². The minimum atomic E-state index is -0.457. The van der Waals surface area contributed by atoms with E-state index in [1.54, 1.807) is 32.2 Å². The molecule has 0 aliphatic heterocycles. The molecule has 0 aliphatic rings. The predicted octanol–water partition coefficient (Wildman–Crippen LogP) is 4.15. The molecule has 0 fully saturated rings. The number of hydrogen-bond acceptors (Lipinski definition) is 3. The first kappa shape index (κ1) is 17.7. The molecular weight excluding hydrogens is 330 g/mol. The minimum Gasteiger partial charge on any atom is -0.331 e. The molecule has 1 atom stereocenters. The molecule has 2 rings (SSSR count). The number of nitro groups is 1. The van der Waals surface area contributed by atoms with E-state index in [9.17, 15) is 14.9 Å². The van der Waals surface area contributed by atoms with Crippen LogP contribution in [0, 0.1) is 10.1 Å². The third kappa shape index (κ3) is 4.45. The number of benzene rings is 2. The third-order valence-electron chi connectivity index (χ3n) is 3.63. The molecule has 0 saturated carbocycles. The molecule has 0 aliphatic carbocycles. The number of nitrogens with zero attached hydrogens (tertiary/aromatic N) is 2. The van der Waals surface area contributed by atoms with E-state index in [1.165, 1.54) is 17.0 Å². The Morgan fingerprint density at radius 1 is 1.29 bits per heavy atom. The molecule has 0 unspecified atom stereocenters. The van der Waals surface area contributed by atoms with E-state index in [2.05, 4.69) is 5.32 Å². The Hall–Kier alpha value is -2.60. The van der Waals surface area contributed by atoms with Gasteiger partial charge in [0.2, 0.25) is 0 Å². The zero-order valence-electron chi connectivity index (χ0n) is 13.4. The number of non-ortho nitro benzene ring substituents is 1. The number of hydrogen-bond donors (Lipinski definition) is 1. The molecule has 0 bridgehead atoms. The molecule has 0 spiro atoms. The topological polar surface area (TPSA) is 75.5 Å². The Morgan fingerprint density at radius 2 is 2.00 bits per heavy atom. The highest BCUT2D eigenvalue weighted by Crippen LogP contribution is 2.20. The lowest BCUT2D eigenvalue weighted by molar-refractivity contribution is -0.384. The number of halogens is 1. The van der Waals surface area contributed by atoms with Gasteiger partial charge in [0.05, 0.1) is 11.0 Å². The van der Waals surface area contributed by atoms with Gasteiger partial charge in [-0.2, -0.15) is 0 Å². The average molecular weight is 348 g/mol. The van der Waals surface area contributed by atoms with E-state index < -0.39 is 4.92 Å². The minimum absolute atomic E-state index is 0.00183. The molecule has 2 aromatic rings. The smallest absolute Gasteiger partial charge is 0.317 e. The van der Waals surface area contributed by atoms with Gasteiger partial charge in [0.25, 0.3) is 5.69 Å². The van der Waals surface area contributed by atoms with Gasteiger partial charge in [-0.1, -0.05) is 41.9 Å². The summed E-state index contributed by atoms with van der Waals surface area (Å²) < 4.78 is 0. The molecule has 2 amide bonds. The molecular formula is C17H18ClN3O3. The molecule has 7 heteroatoms. The predicted molar refractivity (Wildman–Crippen MR) is 93.0 cm³/mol. The van der Waals surface area contributed by atoms with Gasteiger partial charge in [0.15, 0.2) is 0 Å². The summed E-state index contributed by atoms with van der Waals surface area (Å²) >= 11 is 6.10. The molecule has 1 N–H and O–H groups in total. The van der Waals surface area contributed by atoms with Gasteiger partial charge in [0.1, 0.15) is 0 Å². The lowest BCUT2D eigenvalue weighted by atomic mass is 10.1. The van der Waals surface area contributed by atoms with Gasteiger partial charge in [-0.15, -0.1) is 0 Å². The largest absolute Gasteiger partial charge is 0.331 e. The van der Waals surface area contributed by atoms with Crippen molar-refractivity contribution < 1.29 is 9.72 Å². The number of rotatable bonds is 5. The number of carbonyl (C=O) groups is 1. The molecule has 0 aromatic heterocycles. The van der Waals surface area contributed by atoms with Gasteiger partial charge in [-0.25, -0.2) is 4.79 Å². The summed E-state index contributed by atoms with van der Waals surface area (Å²) in [5, 5.41) is 14.3. The Bertz CT molecular complexity index is 751. The van der Waals surface area contributed by atoms with Gasteiger partial charge >= 0.3 is 6.03 Å². The van der Waals surface area contributed by atoms with Crippen molar-refractivity contribution in [1.82, 2.24) is 10.2 Å². The summed E-state index contributed by atoms with van der Waals surface area (Å²) in [7, 11) is 1.67. The summed E-state index contributed by atoms with van der Waals surface area (Å²) in [4.78, 5) is 24.2. The van der Waals surface area contributed by atoms with E-state index in [-0.39, 0.29) is 17.8 Å². The van der Waals surface area contributed by atoms with Gasteiger partial charge < -0.3 is 10.2 Å². The lowest BCUT2D eigenvalue weighted by Crippen LogP contribution is -2.38. The van der Waals surface area contributed by atoms with Crippen LogP contribution in [0.4, 0.5) is 10.5 Å². The van der Waals surface area contributed by atoms with Crippen LogP contribution in [-0.4, -0.2) is 22.9 Å². The number of urea groups is 1. The van der Waals surface area contributed by atoms with E-state index in [0.717, 1.165) is 5.56 Å². The van der Waals surface area contributed by atoms with Crippen LogP contribution < -0.4 is 5.32 Å². The quantitative estimate of drug-likeness (QED) is 0.652. The van der Waals surface area contributed by atoms with Crippen molar-refractivity contribution in [2.24, 2.45) is 0 Å². The van der Waals surface area contributed by atoms with E-state index in [4.69, 9.17) is 11.6 Å². The normalized spacial score (nSPS) is 11.6. The summed E-state index contributed by atoms with van der Waals surface area (Å²) in [5.74, 6) is 0. The number of amides is 2. The summed E-state index contributed by atoms with van der Waals surface area (Å²) in [6.07, 6.45) is 0. The van der Waals surface area contributed by atoms with Crippen molar-refractivity contribution in [3.63, 3.8) is 0 Å². The second-order valence-corrected chi connectivity index (χ2v) is 5.88. The molecule has 6 nitrogen and oxygen atoms in total. The van der Waals surface area contributed by atoms with Crippen LogP contribution in [0.2, 0.25) is 5.02 Å². The molecule has 0 heterocycles. The van der Waals surface area contributed by atoms with Crippen LogP contribution in [0.3, 0.4) is 0 Å². The van der Waals surface area contributed by atoms with Crippen LogP contribution in [0.1, 0.15) is 24.1 Å². The first-order chi connectivity index (χ1) is 11.4. The standard InChI is InChI=1S/C17H18ClN3O3/c1-12(13-7-5-8-15(10-13)21(23)24)19-17(22)20(2)11-14-6-3-4-9-16(14)18/h3-10,12H,11H2,1-2H3,(H,19,22)/t12-/m1/s1. The SMILES string of the molecule is C[C@@H](NC(=O)N(C)Cc1ccccc1Cl)c1cccc([N+](=O)[O-])c1. The number of carbonyl (C=O) groups excluding carboxylic acids is 1. The van der Waals surface area contributed by atoms with Crippen LogP contribution in [-0.2, 0) is 6.54 Å². The van der Waals surface area contributed by atoms with Crippen molar-refractivity contribution in [3.05, 3.63) is 74.8 Å². The molecule has 2 aromatic carbocycles. The molecule has 24 heavy (non-hydrogen) atoms. The first-order valence-electron chi connectivity index (χ1n) is 7.38. The van der Waals surface area contributed by atoms with Crippen molar-refractivity contribution in [2.75, 3.05) is 7.05 Å². The van der Waals surface area contributed by atoms with E-state index >= 15 is 0 Å². The number of nitrogens with one attached hydrogen (secondary N) is 1. The van der Waals surface area contributed by atoms with E-state index in [0.29, 0.717) is 17.1 Å². The van der Waals surface area contributed by atoms with Crippen LogP contribution in [0.5, 0.6) is 0 Å².